The van der Waals surface area contributed by atoms with Crippen molar-refractivity contribution in [3.8, 4) is 5.75 Å². The summed E-state index contributed by atoms with van der Waals surface area (Å²) >= 11 is 6.05. The van der Waals surface area contributed by atoms with Crippen LogP contribution in [0, 0.1) is 0 Å². The first-order valence-corrected chi connectivity index (χ1v) is 8.39. The molecule has 2 aromatic carbocycles. The maximum atomic E-state index is 6.05. The van der Waals surface area contributed by atoms with Crippen molar-refractivity contribution in [1.82, 2.24) is 10.6 Å². The van der Waals surface area contributed by atoms with E-state index in [1.54, 1.807) is 21.3 Å². The van der Waals surface area contributed by atoms with Gasteiger partial charge in [0.2, 0.25) is 0 Å². The Kier molecular flexibility index (Phi) is 7.57. The summed E-state index contributed by atoms with van der Waals surface area (Å²) in [6.07, 6.45) is -0.113. The molecule has 0 heterocycles. The van der Waals surface area contributed by atoms with Gasteiger partial charge in [-0.15, -0.1) is 0 Å². The first-order chi connectivity index (χ1) is 12.2. The monoisotopic (exact) mass is 361 g/mol. The van der Waals surface area contributed by atoms with E-state index < -0.39 is 0 Å². The van der Waals surface area contributed by atoms with E-state index in [4.69, 9.17) is 21.1 Å². The molecule has 0 fully saturated rings. The molecule has 25 heavy (non-hydrogen) atoms. The fourth-order valence-corrected chi connectivity index (χ4v) is 2.58. The molecule has 0 bridgehead atoms. The van der Waals surface area contributed by atoms with Gasteiger partial charge in [-0.25, -0.2) is 0 Å². The number of hydrogen-bond donors (Lipinski definition) is 2. The van der Waals surface area contributed by atoms with Crippen molar-refractivity contribution in [3.05, 3.63) is 64.7 Å². The lowest BCUT2D eigenvalue weighted by molar-refractivity contribution is 0.106. The molecule has 0 aliphatic carbocycles. The number of aliphatic imine (C=N–C) groups is 1. The number of hydrogen-bond acceptors (Lipinski definition) is 3. The molecule has 0 radical (unpaired) electrons. The predicted octanol–water partition coefficient (Wildman–Crippen LogP) is 3.40. The Bertz CT molecular complexity index is 689. The Morgan fingerprint density at radius 1 is 1.12 bits per heavy atom. The van der Waals surface area contributed by atoms with Crippen LogP contribution in [0.1, 0.15) is 17.2 Å². The van der Waals surface area contributed by atoms with E-state index in [0.717, 1.165) is 16.9 Å². The third kappa shape index (κ3) is 5.96. The van der Waals surface area contributed by atoms with E-state index in [-0.39, 0.29) is 6.10 Å². The molecule has 2 rings (SSSR count). The van der Waals surface area contributed by atoms with Crippen LogP contribution in [-0.2, 0) is 11.3 Å². The van der Waals surface area contributed by atoms with Crippen LogP contribution < -0.4 is 15.4 Å². The number of methoxy groups -OCH3 is 2. The smallest absolute Gasteiger partial charge is 0.191 e. The van der Waals surface area contributed by atoms with Gasteiger partial charge in [-0.3, -0.25) is 4.99 Å². The standard InChI is InChI=1S/C19H24ClN3O2/c1-21-19(22-12-14-7-9-17(24-2)10-8-14)23-13-18(25-3)15-5-4-6-16(20)11-15/h4-11,18H,12-13H2,1-3H3,(H2,21,22,23). The molecule has 5 nitrogen and oxygen atoms in total. The zero-order valence-electron chi connectivity index (χ0n) is 14.8. The molecular formula is C19H24ClN3O2. The second-order valence-electron chi connectivity index (χ2n) is 5.43. The Balaban J connectivity index is 1.88. The summed E-state index contributed by atoms with van der Waals surface area (Å²) in [5.41, 5.74) is 2.16. The lowest BCUT2D eigenvalue weighted by atomic mass is 10.1. The molecule has 0 aliphatic rings. The molecule has 0 amide bonds. The Morgan fingerprint density at radius 2 is 1.88 bits per heavy atom. The molecule has 1 unspecified atom stereocenters. The van der Waals surface area contributed by atoms with Crippen molar-refractivity contribution >= 4 is 17.6 Å². The van der Waals surface area contributed by atoms with Crippen LogP contribution in [0.5, 0.6) is 5.75 Å². The number of ether oxygens (including phenoxy) is 2. The molecule has 2 aromatic rings. The third-order valence-electron chi connectivity index (χ3n) is 3.80. The average molecular weight is 362 g/mol. The zero-order valence-corrected chi connectivity index (χ0v) is 15.5. The predicted molar refractivity (Wildman–Crippen MR) is 102 cm³/mol. The highest BCUT2D eigenvalue weighted by atomic mass is 35.5. The van der Waals surface area contributed by atoms with Gasteiger partial charge in [0.1, 0.15) is 5.75 Å². The van der Waals surface area contributed by atoms with Crippen molar-refractivity contribution in [2.45, 2.75) is 12.6 Å². The topological polar surface area (TPSA) is 54.9 Å². The lowest BCUT2D eigenvalue weighted by Gasteiger charge is -2.19. The Morgan fingerprint density at radius 3 is 2.48 bits per heavy atom. The number of guanidine groups is 1. The SMILES string of the molecule is CN=C(NCc1ccc(OC)cc1)NCC(OC)c1cccc(Cl)c1. The summed E-state index contributed by atoms with van der Waals surface area (Å²) < 4.78 is 10.7. The number of nitrogens with zero attached hydrogens (tertiary/aromatic N) is 1. The number of nitrogens with one attached hydrogen (secondary N) is 2. The van der Waals surface area contributed by atoms with Crippen molar-refractivity contribution < 1.29 is 9.47 Å². The highest BCUT2D eigenvalue weighted by molar-refractivity contribution is 6.30. The first-order valence-electron chi connectivity index (χ1n) is 8.02. The van der Waals surface area contributed by atoms with Crippen molar-refractivity contribution in [2.24, 2.45) is 4.99 Å². The van der Waals surface area contributed by atoms with E-state index in [1.165, 1.54) is 0 Å². The molecule has 0 aromatic heterocycles. The molecule has 0 saturated heterocycles. The highest BCUT2D eigenvalue weighted by Crippen LogP contribution is 2.19. The average Bonchev–Trinajstić information content (AvgIpc) is 2.65. The minimum absolute atomic E-state index is 0.113. The number of rotatable bonds is 7. The van der Waals surface area contributed by atoms with Gasteiger partial charge >= 0.3 is 0 Å². The lowest BCUT2D eigenvalue weighted by Crippen LogP contribution is -2.39. The summed E-state index contributed by atoms with van der Waals surface area (Å²) in [5.74, 6) is 1.55. The van der Waals surface area contributed by atoms with E-state index in [0.29, 0.717) is 24.1 Å². The van der Waals surface area contributed by atoms with Crippen LogP contribution in [0.3, 0.4) is 0 Å². The van der Waals surface area contributed by atoms with Gasteiger partial charge in [-0.2, -0.15) is 0 Å². The fourth-order valence-electron chi connectivity index (χ4n) is 2.38. The summed E-state index contributed by atoms with van der Waals surface area (Å²) in [7, 11) is 5.08. The van der Waals surface area contributed by atoms with Crippen molar-refractivity contribution in [1.29, 1.82) is 0 Å². The second kappa shape index (κ2) is 9.91. The highest BCUT2D eigenvalue weighted by Gasteiger charge is 2.11. The van der Waals surface area contributed by atoms with E-state index in [9.17, 15) is 0 Å². The molecule has 1 atom stereocenters. The maximum Gasteiger partial charge on any atom is 0.191 e. The fraction of sp³-hybridized carbons (Fsp3) is 0.316. The quantitative estimate of drug-likeness (QED) is 0.586. The minimum atomic E-state index is -0.113. The van der Waals surface area contributed by atoms with E-state index in [2.05, 4.69) is 15.6 Å². The van der Waals surface area contributed by atoms with Gasteiger partial charge in [0.05, 0.1) is 13.2 Å². The van der Waals surface area contributed by atoms with Gasteiger partial charge in [-0.05, 0) is 35.4 Å². The minimum Gasteiger partial charge on any atom is -0.497 e. The number of halogens is 1. The van der Waals surface area contributed by atoms with Crippen LogP contribution in [0.2, 0.25) is 5.02 Å². The second-order valence-corrected chi connectivity index (χ2v) is 5.87. The van der Waals surface area contributed by atoms with Crippen molar-refractivity contribution in [3.63, 3.8) is 0 Å². The van der Waals surface area contributed by atoms with Gasteiger partial charge in [-0.1, -0.05) is 35.9 Å². The van der Waals surface area contributed by atoms with Gasteiger partial charge in [0, 0.05) is 32.3 Å². The van der Waals surface area contributed by atoms with Crippen LogP contribution >= 0.6 is 11.6 Å². The summed E-state index contributed by atoms with van der Waals surface area (Å²) in [6.45, 7) is 1.25. The maximum absolute atomic E-state index is 6.05. The zero-order chi connectivity index (χ0) is 18.1. The van der Waals surface area contributed by atoms with Crippen LogP contribution in [-0.4, -0.2) is 33.8 Å². The molecule has 0 aliphatic heterocycles. The van der Waals surface area contributed by atoms with Crippen LogP contribution in [0.15, 0.2) is 53.5 Å². The Labute approximate surface area is 154 Å². The normalized spacial score (nSPS) is 12.6. The molecular weight excluding hydrogens is 338 g/mol. The van der Waals surface area contributed by atoms with E-state index >= 15 is 0 Å². The molecule has 0 saturated carbocycles. The molecule has 2 N–H and O–H groups in total. The first kappa shape index (κ1) is 19.1. The van der Waals surface area contributed by atoms with Crippen LogP contribution in [0.4, 0.5) is 0 Å². The van der Waals surface area contributed by atoms with Gasteiger partial charge < -0.3 is 20.1 Å². The summed E-state index contributed by atoms with van der Waals surface area (Å²) in [6, 6.07) is 15.6. The summed E-state index contributed by atoms with van der Waals surface area (Å²) in [4.78, 5) is 4.24. The van der Waals surface area contributed by atoms with Gasteiger partial charge in [0.15, 0.2) is 5.96 Å². The summed E-state index contributed by atoms with van der Waals surface area (Å²) in [5, 5.41) is 7.26. The third-order valence-corrected chi connectivity index (χ3v) is 4.04. The van der Waals surface area contributed by atoms with E-state index in [1.807, 2.05) is 48.5 Å². The molecule has 0 spiro atoms. The Hall–Kier alpha value is -2.24. The van der Waals surface area contributed by atoms with Crippen molar-refractivity contribution in [2.75, 3.05) is 27.8 Å². The van der Waals surface area contributed by atoms with Crippen LogP contribution in [0.25, 0.3) is 0 Å². The molecule has 134 valence electrons. The molecule has 6 heteroatoms. The largest absolute Gasteiger partial charge is 0.497 e. The number of benzene rings is 2. The van der Waals surface area contributed by atoms with Gasteiger partial charge in [0.25, 0.3) is 0 Å².